The molecule has 30 heavy (non-hydrogen) atoms. The number of hydrogen-bond donors (Lipinski definition) is 1. The highest BCUT2D eigenvalue weighted by molar-refractivity contribution is 5.94. The van der Waals surface area contributed by atoms with Gasteiger partial charge in [-0.3, -0.25) is 9.48 Å². The van der Waals surface area contributed by atoms with Gasteiger partial charge in [0.05, 0.1) is 12.2 Å². The van der Waals surface area contributed by atoms with Gasteiger partial charge in [-0.1, -0.05) is 17.3 Å². The van der Waals surface area contributed by atoms with Crippen LogP contribution in [0.25, 0.3) is 0 Å². The van der Waals surface area contributed by atoms with Gasteiger partial charge < -0.3 is 14.6 Å². The molecule has 4 rings (SSSR count). The molecule has 0 aliphatic carbocycles. The van der Waals surface area contributed by atoms with E-state index < -0.39 is 0 Å². The van der Waals surface area contributed by atoms with Crippen LogP contribution >= 0.6 is 0 Å². The first-order valence-corrected chi connectivity index (χ1v) is 10.3. The molecule has 2 aromatic heterocycles. The van der Waals surface area contributed by atoms with Crippen LogP contribution < -0.4 is 5.32 Å². The Morgan fingerprint density at radius 2 is 1.93 bits per heavy atom. The average molecular weight is 409 g/mol. The van der Waals surface area contributed by atoms with Crippen molar-refractivity contribution in [2.24, 2.45) is 5.92 Å². The largest absolute Gasteiger partial charge is 0.381 e. The van der Waals surface area contributed by atoms with Crippen molar-refractivity contribution in [3.63, 3.8) is 0 Å². The van der Waals surface area contributed by atoms with Crippen molar-refractivity contribution in [1.82, 2.24) is 25.2 Å². The SMILES string of the molecule is Cc1cc(C)n(Cc2ccc(C(=O)NC(c3nc(C)no3)C3CCOCC3)cc2)n1. The summed E-state index contributed by atoms with van der Waals surface area (Å²) < 4.78 is 12.8. The lowest BCUT2D eigenvalue weighted by atomic mass is 9.91. The summed E-state index contributed by atoms with van der Waals surface area (Å²) in [6.07, 6.45) is 1.68. The summed E-state index contributed by atoms with van der Waals surface area (Å²) in [5, 5.41) is 11.5. The molecule has 3 aromatic rings. The summed E-state index contributed by atoms with van der Waals surface area (Å²) in [4.78, 5) is 17.3. The highest BCUT2D eigenvalue weighted by Crippen LogP contribution is 2.29. The van der Waals surface area contributed by atoms with Crippen LogP contribution in [0.3, 0.4) is 0 Å². The van der Waals surface area contributed by atoms with Crippen LogP contribution in [0.5, 0.6) is 0 Å². The molecule has 1 atom stereocenters. The van der Waals surface area contributed by atoms with Crippen LogP contribution in [0.2, 0.25) is 0 Å². The third-order valence-corrected chi connectivity index (χ3v) is 5.49. The molecule has 1 N–H and O–H groups in total. The van der Waals surface area contributed by atoms with E-state index in [2.05, 4.69) is 26.6 Å². The van der Waals surface area contributed by atoms with Gasteiger partial charge in [0, 0.05) is 24.5 Å². The lowest BCUT2D eigenvalue weighted by Gasteiger charge is -2.28. The van der Waals surface area contributed by atoms with Crippen LogP contribution in [-0.2, 0) is 11.3 Å². The molecule has 8 heteroatoms. The molecule has 1 aliphatic heterocycles. The molecule has 8 nitrogen and oxygen atoms in total. The first-order valence-electron chi connectivity index (χ1n) is 10.3. The highest BCUT2D eigenvalue weighted by Gasteiger charge is 2.31. The fourth-order valence-corrected chi connectivity index (χ4v) is 3.86. The second-order valence-electron chi connectivity index (χ2n) is 7.86. The van der Waals surface area contributed by atoms with Crippen molar-refractivity contribution in [1.29, 1.82) is 0 Å². The van der Waals surface area contributed by atoms with Gasteiger partial charge in [0.1, 0.15) is 6.04 Å². The molecule has 0 radical (unpaired) electrons. The number of benzene rings is 1. The number of aromatic nitrogens is 4. The molecule has 0 bridgehead atoms. The number of rotatable bonds is 6. The standard InChI is InChI=1S/C22H27N5O3/c1-14-12-15(2)27(25-14)13-17-4-6-19(7-5-17)21(28)24-20(18-8-10-29-11-9-18)22-23-16(3)26-30-22/h4-7,12,18,20H,8-11,13H2,1-3H3,(H,24,28). The maximum atomic E-state index is 13.0. The van der Waals surface area contributed by atoms with Crippen LogP contribution in [0.4, 0.5) is 0 Å². The monoisotopic (exact) mass is 409 g/mol. The molecule has 1 fully saturated rings. The number of ether oxygens (including phenoxy) is 1. The summed E-state index contributed by atoms with van der Waals surface area (Å²) in [5.74, 6) is 1.06. The minimum atomic E-state index is -0.322. The zero-order valence-electron chi connectivity index (χ0n) is 17.6. The van der Waals surface area contributed by atoms with Crippen molar-refractivity contribution >= 4 is 5.91 Å². The fourth-order valence-electron chi connectivity index (χ4n) is 3.86. The van der Waals surface area contributed by atoms with Gasteiger partial charge in [0.25, 0.3) is 5.91 Å². The van der Waals surface area contributed by atoms with Crippen LogP contribution in [0.1, 0.15) is 57.9 Å². The molecular weight excluding hydrogens is 382 g/mol. The number of nitrogens with one attached hydrogen (secondary N) is 1. The Hall–Kier alpha value is -3.00. The van der Waals surface area contributed by atoms with Gasteiger partial charge in [-0.05, 0) is 63.3 Å². The third-order valence-electron chi connectivity index (χ3n) is 5.49. The molecular formula is C22H27N5O3. The van der Waals surface area contributed by atoms with Crippen molar-refractivity contribution in [2.75, 3.05) is 13.2 Å². The molecule has 1 aromatic carbocycles. The van der Waals surface area contributed by atoms with Gasteiger partial charge in [0.2, 0.25) is 5.89 Å². The Balaban J connectivity index is 1.47. The van der Waals surface area contributed by atoms with Gasteiger partial charge in [-0.15, -0.1) is 0 Å². The predicted octanol–water partition coefficient (Wildman–Crippen LogP) is 3.14. The van der Waals surface area contributed by atoms with E-state index in [4.69, 9.17) is 9.26 Å². The first kappa shape index (κ1) is 20.3. The van der Waals surface area contributed by atoms with Crippen molar-refractivity contribution in [2.45, 2.75) is 46.2 Å². The highest BCUT2D eigenvalue weighted by atomic mass is 16.5. The Morgan fingerprint density at radius 3 is 2.53 bits per heavy atom. The summed E-state index contributed by atoms with van der Waals surface area (Å²) >= 11 is 0. The summed E-state index contributed by atoms with van der Waals surface area (Å²) in [7, 11) is 0. The summed E-state index contributed by atoms with van der Waals surface area (Å²) in [5.41, 5.74) is 3.80. The molecule has 0 saturated carbocycles. The number of aryl methyl sites for hydroxylation is 3. The maximum Gasteiger partial charge on any atom is 0.251 e. The van der Waals surface area contributed by atoms with E-state index in [1.807, 2.05) is 42.8 Å². The van der Waals surface area contributed by atoms with Gasteiger partial charge in [-0.2, -0.15) is 10.1 Å². The second-order valence-corrected chi connectivity index (χ2v) is 7.86. The topological polar surface area (TPSA) is 95.1 Å². The van der Waals surface area contributed by atoms with E-state index in [0.717, 1.165) is 29.8 Å². The van der Waals surface area contributed by atoms with Gasteiger partial charge >= 0.3 is 0 Å². The average Bonchev–Trinajstić information content (AvgIpc) is 3.31. The number of carbonyl (C=O) groups excluding carboxylic acids is 1. The molecule has 3 heterocycles. The molecule has 1 saturated heterocycles. The lowest BCUT2D eigenvalue weighted by molar-refractivity contribution is 0.0468. The second kappa shape index (κ2) is 8.79. The van der Waals surface area contributed by atoms with Crippen LogP contribution in [0, 0.1) is 26.7 Å². The molecule has 1 amide bonds. The quantitative estimate of drug-likeness (QED) is 0.672. The molecule has 158 valence electrons. The van der Waals surface area contributed by atoms with E-state index in [1.165, 1.54) is 0 Å². The zero-order valence-corrected chi connectivity index (χ0v) is 17.6. The van der Waals surface area contributed by atoms with E-state index in [9.17, 15) is 4.79 Å². The van der Waals surface area contributed by atoms with Crippen LogP contribution in [-0.4, -0.2) is 39.0 Å². The fraction of sp³-hybridized carbons (Fsp3) is 0.455. The first-order chi connectivity index (χ1) is 14.5. The Bertz CT molecular complexity index is 1000. The van der Waals surface area contributed by atoms with E-state index in [-0.39, 0.29) is 17.9 Å². The smallest absolute Gasteiger partial charge is 0.251 e. The van der Waals surface area contributed by atoms with E-state index in [0.29, 0.717) is 37.0 Å². The Labute approximate surface area is 175 Å². The number of hydrogen-bond acceptors (Lipinski definition) is 6. The number of nitrogens with zero attached hydrogens (tertiary/aromatic N) is 4. The normalized spacial score (nSPS) is 15.8. The lowest BCUT2D eigenvalue weighted by Crippen LogP contribution is -2.36. The maximum absolute atomic E-state index is 13.0. The predicted molar refractivity (Wildman–Crippen MR) is 110 cm³/mol. The summed E-state index contributed by atoms with van der Waals surface area (Å²) in [6, 6.07) is 9.35. The summed E-state index contributed by atoms with van der Waals surface area (Å²) in [6.45, 7) is 7.81. The molecule has 0 spiro atoms. The zero-order chi connectivity index (χ0) is 21.1. The minimum absolute atomic E-state index is 0.153. The van der Waals surface area contributed by atoms with Crippen LogP contribution in [0.15, 0.2) is 34.9 Å². The van der Waals surface area contributed by atoms with E-state index >= 15 is 0 Å². The minimum Gasteiger partial charge on any atom is -0.381 e. The number of amides is 1. The molecule has 1 aliphatic rings. The van der Waals surface area contributed by atoms with Crippen molar-refractivity contribution < 1.29 is 14.1 Å². The Kier molecular flexibility index (Phi) is 5.94. The number of carbonyl (C=O) groups is 1. The van der Waals surface area contributed by atoms with Gasteiger partial charge in [0.15, 0.2) is 5.82 Å². The van der Waals surface area contributed by atoms with Crippen molar-refractivity contribution in [3.8, 4) is 0 Å². The molecule has 1 unspecified atom stereocenters. The van der Waals surface area contributed by atoms with E-state index in [1.54, 1.807) is 6.92 Å². The Morgan fingerprint density at radius 1 is 1.20 bits per heavy atom. The third kappa shape index (κ3) is 4.59. The van der Waals surface area contributed by atoms with Crippen molar-refractivity contribution in [3.05, 3.63) is 64.6 Å². The van der Waals surface area contributed by atoms with Gasteiger partial charge in [-0.25, -0.2) is 0 Å².